The van der Waals surface area contributed by atoms with E-state index in [-0.39, 0.29) is 12.5 Å². The molecule has 6 heteroatoms. The molecule has 1 amide bonds. The minimum Gasteiger partial charge on any atom is -0.453 e. The second kappa shape index (κ2) is 6.47. The Morgan fingerprint density at radius 1 is 1.62 bits per heavy atom. The topological polar surface area (TPSA) is 78.8 Å². The van der Waals surface area contributed by atoms with Gasteiger partial charge in [-0.3, -0.25) is 0 Å². The van der Waals surface area contributed by atoms with Crippen molar-refractivity contribution in [2.45, 2.75) is 25.2 Å². The first-order valence-electron chi connectivity index (χ1n) is 4.85. The van der Waals surface area contributed by atoms with Gasteiger partial charge in [0.25, 0.3) is 0 Å². The summed E-state index contributed by atoms with van der Waals surface area (Å²) < 4.78 is 4.47. The van der Waals surface area contributed by atoms with Gasteiger partial charge >= 0.3 is 6.09 Å². The molecule has 3 N–H and O–H groups in total. The Hall–Kier alpha value is -1.11. The molecule has 0 bridgehead atoms. The molecule has 90 valence electrons. The predicted octanol–water partition coefficient (Wildman–Crippen LogP) is 0.716. The van der Waals surface area contributed by atoms with E-state index < -0.39 is 12.4 Å². The molecule has 0 aliphatic carbocycles. The lowest BCUT2D eigenvalue weighted by Crippen LogP contribution is -2.38. The van der Waals surface area contributed by atoms with E-state index in [2.05, 4.69) is 10.1 Å². The number of carbonyl (C=O) groups is 1. The number of hydrogen-bond donors (Lipinski definition) is 3. The van der Waals surface area contributed by atoms with Crippen LogP contribution in [0.1, 0.15) is 11.3 Å². The highest BCUT2D eigenvalue weighted by atomic mass is 32.1. The number of amides is 1. The summed E-state index contributed by atoms with van der Waals surface area (Å²) in [5, 5.41) is 22.3. The normalized spacial score (nSPS) is 12.5. The van der Waals surface area contributed by atoms with Crippen molar-refractivity contribution in [2.24, 2.45) is 0 Å². The van der Waals surface area contributed by atoms with Crippen LogP contribution in [-0.4, -0.2) is 35.7 Å². The minimum absolute atomic E-state index is 0.0764. The second-order valence-electron chi connectivity index (χ2n) is 3.33. The van der Waals surface area contributed by atoms with Gasteiger partial charge in [-0.15, -0.1) is 11.3 Å². The Balaban J connectivity index is 2.53. The fraction of sp³-hybridized carbons (Fsp3) is 0.500. The molecule has 1 aromatic rings. The highest BCUT2D eigenvalue weighted by Gasteiger charge is 2.16. The van der Waals surface area contributed by atoms with Gasteiger partial charge in [0.15, 0.2) is 6.29 Å². The SMILES string of the molecule is COC(=O)NC(Cc1cccs1)CC(O)O. The van der Waals surface area contributed by atoms with Crippen LogP contribution in [0, 0.1) is 0 Å². The summed E-state index contributed by atoms with van der Waals surface area (Å²) in [6.07, 6.45) is -1.37. The van der Waals surface area contributed by atoms with Crippen LogP contribution in [0.4, 0.5) is 4.79 Å². The van der Waals surface area contributed by atoms with Crippen molar-refractivity contribution in [3.05, 3.63) is 22.4 Å². The molecule has 0 saturated carbocycles. The molecule has 1 atom stereocenters. The van der Waals surface area contributed by atoms with Crippen molar-refractivity contribution in [2.75, 3.05) is 7.11 Å². The third-order valence-corrected chi connectivity index (χ3v) is 2.93. The van der Waals surface area contributed by atoms with Gasteiger partial charge in [0.2, 0.25) is 0 Å². The van der Waals surface area contributed by atoms with Crippen molar-refractivity contribution in [1.82, 2.24) is 5.32 Å². The molecule has 0 aliphatic rings. The number of aliphatic hydroxyl groups excluding tert-OH is 1. The molecule has 1 aromatic heterocycles. The van der Waals surface area contributed by atoms with Crippen LogP contribution >= 0.6 is 11.3 Å². The van der Waals surface area contributed by atoms with E-state index >= 15 is 0 Å². The third kappa shape index (κ3) is 4.61. The van der Waals surface area contributed by atoms with Crippen LogP contribution < -0.4 is 5.32 Å². The lowest BCUT2D eigenvalue weighted by molar-refractivity contribution is -0.0510. The van der Waals surface area contributed by atoms with Crippen molar-refractivity contribution in [3.8, 4) is 0 Å². The van der Waals surface area contributed by atoms with Crippen molar-refractivity contribution in [1.29, 1.82) is 0 Å². The van der Waals surface area contributed by atoms with Crippen molar-refractivity contribution < 1.29 is 19.7 Å². The standard InChI is InChI=1S/C10H15NO4S/c1-15-10(14)11-7(6-9(12)13)5-8-3-2-4-16-8/h2-4,7,9,12-13H,5-6H2,1H3,(H,11,14). The van der Waals surface area contributed by atoms with Gasteiger partial charge in [-0.25, -0.2) is 4.79 Å². The van der Waals surface area contributed by atoms with E-state index in [9.17, 15) is 4.79 Å². The van der Waals surface area contributed by atoms with Gasteiger partial charge in [-0.05, 0) is 11.4 Å². The molecule has 0 radical (unpaired) electrons. The van der Waals surface area contributed by atoms with Gasteiger partial charge in [0.1, 0.15) is 0 Å². The molecule has 1 heterocycles. The Morgan fingerprint density at radius 3 is 2.88 bits per heavy atom. The molecule has 16 heavy (non-hydrogen) atoms. The lowest BCUT2D eigenvalue weighted by Gasteiger charge is -2.18. The fourth-order valence-electron chi connectivity index (χ4n) is 1.34. The van der Waals surface area contributed by atoms with E-state index in [4.69, 9.17) is 10.2 Å². The number of nitrogens with one attached hydrogen (secondary N) is 1. The number of aliphatic hydroxyl groups is 2. The molecule has 5 nitrogen and oxygen atoms in total. The zero-order valence-corrected chi connectivity index (χ0v) is 9.74. The highest BCUT2D eigenvalue weighted by Crippen LogP contribution is 2.13. The summed E-state index contributed by atoms with van der Waals surface area (Å²) in [5.74, 6) is 0. The maximum absolute atomic E-state index is 11.0. The summed E-state index contributed by atoms with van der Waals surface area (Å²) in [5.41, 5.74) is 0. The van der Waals surface area contributed by atoms with E-state index in [1.807, 2.05) is 17.5 Å². The number of thiophene rings is 1. The molecule has 0 fully saturated rings. The smallest absolute Gasteiger partial charge is 0.407 e. The van der Waals surface area contributed by atoms with Crippen molar-refractivity contribution >= 4 is 17.4 Å². The molecule has 0 aromatic carbocycles. The second-order valence-corrected chi connectivity index (χ2v) is 4.36. The molecular formula is C10H15NO4S. The maximum atomic E-state index is 11.0. The zero-order chi connectivity index (χ0) is 12.0. The van der Waals surface area contributed by atoms with Crippen LogP contribution in [-0.2, 0) is 11.2 Å². The number of carbonyl (C=O) groups excluding carboxylic acids is 1. The Labute approximate surface area is 97.7 Å². The lowest BCUT2D eigenvalue weighted by atomic mass is 10.1. The Bertz CT molecular complexity index is 313. The number of hydrogen-bond acceptors (Lipinski definition) is 5. The minimum atomic E-state index is -1.44. The summed E-state index contributed by atoms with van der Waals surface area (Å²) in [7, 11) is 1.27. The van der Waals surface area contributed by atoms with Crippen molar-refractivity contribution in [3.63, 3.8) is 0 Å². The van der Waals surface area contributed by atoms with E-state index in [0.29, 0.717) is 6.42 Å². The van der Waals surface area contributed by atoms with Gasteiger partial charge in [0.05, 0.1) is 7.11 Å². The largest absolute Gasteiger partial charge is 0.453 e. The highest BCUT2D eigenvalue weighted by molar-refractivity contribution is 7.09. The van der Waals surface area contributed by atoms with Crippen LogP contribution in [0.2, 0.25) is 0 Å². The quantitative estimate of drug-likeness (QED) is 0.668. The van der Waals surface area contributed by atoms with Gasteiger partial charge in [0, 0.05) is 23.8 Å². The van der Waals surface area contributed by atoms with E-state index in [1.54, 1.807) is 11.3 Å². The molecule has 0 saturated heterocycles. The van der Waals surface area contributed by atoms with Crippen LogP contribution in [0.25, 0.3) is 0 Å². The van der Waals surface area contributed by atoms with E-state index in [1.165, 1.54) is 7.11 Å². The first-order valence-corrected chi connectivity index (χ1v) is 5.72. The number of alkyl carbamates (subject to hydrolysis) is 1. The predicted molar refractivity (Wildman–Crippen MR) is 60.2 cm³/mol. The molecule has 1 rings (SSSR count). The maximum Gasteiger partial charge on any atom is 0.407 e. The number of ether oxygens (including phenoxy) is 1. The number of methoxy groups -OCH3 is 1. The average Bonchev–Trinajstić information content (AvgIpc) is 2.69. The summed E-state index contributed by atoms with van der Waals surface area (Å²) in [4.78, 5) is 12.1. The Kier molecular flexibility index (Phi) is 5.24. The van der Waals surface area contributed by atoms with Gasteiger partial charge < -0.3 is 20.3 Å². The molecule has 1 unspecified atom stereocenters. The van der Waals surface area contributed by atoms with Gasteiger partial charge in [-0.1, -0.05) is 6.07 Å². The number of rotatable bonds is 5. The average molecular weight is 245 g/mol. The fourth-order valence-corrected chi connectivity index (χ4v) is 2.13. The Morgan fingerprint density at radius 2 is 2.38 bits per heavy atom. The molecule has 0 spiro atoms. The first kappa shape index (κ1) is 13.0. The summed E-state index contributed by atoms with van der Waals surface area (Å²) >= 11 is 1.56. The third-order valence-electron chi connectivity index (χ3n) is 2.03. The monoisotopic (exact) mass is 245 g/mol. The van der Waals surface area contributed by atoms with Crippen LogP contribution in [0.5, 0.6) is 0 Å². The zero-order valence-electron chi connectivity index (χ0n) is 8.92. The summed E-state index contributed by atoms with van der Waals surface area (Å²) in [6, 6.07) is 3.50. The van der Waals surface area contributed by atoms with Crippen LogP contribution in [0.15, 0.2) is 17.5 Å². The molecular weight excluding hydrogens is 230 g/mol. The first-order chi connectivity index (χ1) is 7.61. The van der Waals surface area contributed by atoms with Gasteiger partial charge in [-0.2, -0.15) is 0 Å². The molecule has 0 aliphatic heterocycles. The van der Waals surface area contributed by atoms with E-state index in [0.717, 1.165) is 4.88 Å². The van der Waals surface area contributed by atoms with Crippen LogP contribution in [0.3, 0.4) is 0 Å². The summed E-state index contributed by atoms with van der Waals surface area (Å²) in [6.45, 7) is 0.